The molecule has 0 bridgehead atoms. The number of amides is 1. The fourth-order valence-corrected chi connectivity index (χ4v) is 2.34. The fraction of sp³-hybridized carbons (Fsp3) is 0.500. The molecule has 0 spiro atoms. The first kappa shape index (κ1) is 13.1. The Morgan fingerprint density at radius 1 is 1.50 bits per heavy atom. The molecule has 1 aromatic carbocycles. The van der Waals surface area contributed by atoms with Crippen molar-refractivity contribution in [2.45, 2.75) is 25.8 Å². The summed E-state index contributed by atoms with van der Waals surface area (Å²) in [5, 5.41) is 2.95. The summed E-state index contributed by atoms with van der Waals surface area (Å²) >= 11 is 0. The molecule has 3 N–H and O–H groups in total. The molecule has 1 amide bonds. The first-order chi connectivity index (χ1) is 8.65. The van der Waals surface area contributed by atoms with Crippen molar-refractivity contribution in [3.63, 3.8) is 0 Å². The summed E-state index contributed by atoms with van der Waals surface area (Å²) < 4.78 is 0. The number of anilines is 1. The molecule has 1 saturated heterocycles. The Kier molecular flexibility index (Phi) is 4.33. The van der Waals surface area contributed by atoms with Gasteiger partial charge in [-0.1, -0.05) is 18.2 Å². The van der Waals surface area contributed by atoms with Gasteiger partial charge in [-0.3, -0.25) is 9.69 Å². The van der Waals surface area contributed by atoms with Crippen LogP contribution in [0.25, 0.3) is 0 Å². The van der Waals surface area contributed by atoms with E-state index in [-0.39, 0.29) is 11.9 Å². The van der Waals surface area contributed by atoms with Gasteiger partial charge in [0, 0.05) is 18.3 Å². The number of carbonyl (C=O) groups excluding carboxylic acids is 1. The van der Waals surface area contributed by atoms with Crippen LogP contribution in [0.4, 0.5) is 5.69 Å². The topological polar surface area (TPSA) is 58.4 Å². The lowest BCUT2D eigenvalue weighted by Gasteiger charge is -2.30. The minimum absolute atomic E-state index is 0.0402. The summed E-state index contributed by atoms with van der Waals surface area (Å²) in [4.78, 5) is 14.1. The number of hydrogen-bond acceptors (Lipinski definition) is 3. The van der Waals surface area contributed by atoms with Gasteiger partial charge < -0.3 is 11.1 Å². The number of piperidine rings is 1. The molecule has 0 radical (unpaired) electrons. The first-order valence-electron chi connectivity index (χ1n) is 6.48. The highest BCUT2D eigenvalue weighted by atomic mass is 16.2. The van der Waals surface area contributed by atoms with Crippen LogP contribution < -0.4 is 11.1 Å². The second-order valence-electron chi connectivity index (χ2n) is 5.00. The third-order valence-electron chi connectivity index (χ3n) is 3.33. The third kappa shape index (κ3) is 3.55. The molecule has 1 aliphatic heterocycles. The summed E-state index contributed by atoms with van der Waals surface area (Å²) in [5.74, 6) is 0.0402. The van der Waals surface area contributed by atoms with E-state index in [4.69, 9.17) is 5.73 Å². The van der Waals surface area contributed by atoms with Crippen LogP contribution in [-0.2, 0) is 4.79 Å². The van der Waals surface area contributed by atoms with Crippen LogP contribution in [0.5, 0.6) is 0 Å². The number of nitrogens with zero attached hydrogens (tertiary/aromatic N) is 1. The normalized spacial score (nSPS) is 20.7. The Labute approximate surface area is 108 Å². The number of para-hydroxylation sites is 1. The lowest BCUT2D eigenvalue weighted by Crippen LogP contribution is -2.45. The highest BCUT2D eigenvalue weighted by Gasteiger charge is 2.18. The lowest BCUT2D eigenvalue weighted by atomic mass is 10.1. The molecule has 0 aromatic heterocycles. The summed E-state index contributed by atoms with van der Waals surface area (Å²) in [5.41, 5.74) is 7.88. The number of benzene rings is 1. The summed E-state index contributed by atoms with van der Waals surface area (Å²) in [6.45, 7) is 4.21. The predicted octanol–water partition coefficient (Wildman–Crippen LogP) is 1.36. The van der Waals surface area contributed by atoms with E-state index in [1.54, 1.807) is 0 Å². The van der Waals surface area contributed by atoms with Crippen molar-refractivity contribution in [1.29, 1.82) is 0 Å². The number of aryl methyl sites for hydroxylation is 1. The largest absolute Gasteiger partial charge is 0.327 e. The molecule has 2 rings (SSSR count). The molecule has 0 saturated carbocycles. The Hall–Kier alpha value is -1.39. The van der Waals surface area contributed by atoms with Crippen LogP contribution in [0.3, 0.4) is 0 Å². The second-order valence-corrected chi connectivity index (χ2v) is 5.00. The second kappa shape index (κ2) is 5.98. The number of rotatable bonds is 3. The molecule has 1 aliphatic rings. The van der Waals surface area contributed by atoms with Gasteiger partial charge in [0.15, 0.2) is 0 Å². The van der Waals surface area contributed by atoms with Crippen LogP contribution in [0, 0.1) is 6.92 Å². The predicted molar refractivity (Wildman–Crippen MR) is 73.5 cm³/mol. The van der Waals surface area contributed by atoms with Gasteiger partial charge in [0.05, 0.1) is 6.54 Å². The SMILES string of the molecule is Cc1ccccc1NC(=O)CN1CCCC(N)C1. The summed E-state index contributed by atoms with van der Waals surface area (Å²) in [7, 11) is 0. The van der Waals surface area contributed by atoms with E-state index >= 15 is 0 Å². The van der Waals surface area contributed by atoms with Crippen molar-refractivity contribution in [1.82, 2.24) is 4.90 Å². The van der Waals surface area contributed by atoms with Crippen LogP contribution >= 0.6 is 0 Å². The molecule has 4 heteroatoms. The van der Waals surface area contributed by atoms with E-state index in [0.29, 0.717) is 6.54 Å². The monoisotopic (exact) mass is 247 g/mol. The van der Waals surface area contributed by atoms with Gasteiger partial charge in [0.1, 0.15) is 0 Å². The van der Waals surface area contributed by atoms with Crippen LogP contribution in [0.1, 0.15) is 18.4 Å². The maximum absolute atomic E-state index is 11.9. The van der Waals surface area contributed by atoms with Gasteiger partial charge in [-0.25, -0.2) is 0 Å². The average molecular weight is 247 g/mol. The van der Waals surface area contributed by atoms with Gasteiger partial charge in [-0.15, -0.1) is 0 Å². The Balaban J connectivity index is 1.87. The van der Waals surface area contributed by atoms with E-state index in [1.165, 1.54) is 0 Å². The lowest BCUT2D eigenvalue weighted by molar-refractivity contribution is -0.117. The van der Waals surface area contributed by atoms with E-state index < -0.39 is 0 Å². The summed E-state index contributed by atoms with van der Waals surface area (Å²) in [6.07, 6.45) is 2.15. The molecular formula is C14H21N3O. The Bertz CT molecular complexity index is 419. The zero-order valence-corrected chi connectivity index (χ0v) is 10.9. The van der Waals surface area contributed by atoms with Gasteiger partial charge in [0.25, 0.3) is 0 Å². The minimum atomic E-state index is 0.0402. The quantitative estimate of drug-likeness (QED) is 0.848. The number of hydrogen-bond donors (Lipinski definition) is 2. The number of carbonyl (C=O) groups is 1. The molecule has 1 unspecified atom stereocenters. The first-order valence-corrected chi connectivity index (χ1v) is 6.48. The van der Waals surface area contributed by atoms with Crippen molar-refractivity contribution in [2.75, 3.05) is 25.0 Å². The number of nitrogens with one attached hydrogen (secondary N) is 1. The smallest absolute Gasteiger partial charge is 0.238 e. The Morgan fingerprint density at radius 3 is 3.00 bits per heavy atom. The van der Waals surface area contributed by atoms with Crippen LogP contribution in [0.2, 0.25) is 0 Å². The molecule has 18 heavy (non-hydrogen) atoms. The zero-order valence-electron chi connectivity index (χ0n) is 10.9. The van der Waals surface area contributed by atoms with E-state index in [2.05, 4.69) is 10.2 Å². The maximum atomic E-state index is 11.9. The van der Waals surface area contributed by atoms with Gasteiger partial charge >= 0.3 is 0 Å². The molecule has 1 aromatic rings. The van der Waals surface area contributed by atoms with Gasteiger partial charge in [0.2, 0.25) is 5.91 Å². The molecular weight excluding hydrogens is 226 g/mol. The zero-order chi connectivity index (χ0) is 13.0. The van der Waals surface area contributed by atoms with E-state index in [9.17, 15) is 4.79 Å². The maximum Gasteiger partial charge on any atom is 0.238 e. The van der Waals surface area contributed by atoms with Crippen LogP contribution in [-0.4, -0.2) is 36.5 Å². The Morgan fingerprint density at radius 2 is 2.28 bits per heavy atom. The van der Waals surface area contributed by atoms with Crippen molar-refractivity contribution < 1.29 is 4.79 Å². The van der Waals surface area contributed by atoms with Gasteiger partial charge in [-0.2, -0.15) is 0 Å². The van der Waals surface area contributed by atoms with Crippen molar-refractivity contribution in [3.8, 4) is 0 Å². The van der Waals surface area contributed by atoms with Crippen LogP contribution in [0.15, 0.2) is 24.3 Å². The van der Waals surface area contributed by atoms with Crippen molar-refractivity contribution in [2.24, 2.45) is 5.73 Å². The van der Waals surface area contributed by atoms with Gasteiger partial charge in [-0.05, 0) is 37.9 Å². The highest BCUT2D eigenvalue weighted by molar-refractivity contribution is 5.92. The molecule has 1 atom stereocenters. The van der Waals surface area contributed by atoms with E-state index in [1.807, 2.05) is 31.2 Å². The molecule has 1 heterocycles. The number of likely N-dealkylation sites (tertiary alicyclic amines) is 1. The van der Waals surface area contributed by atoms with Crippen molar-refractivity contribution >= 4 is 11.6 Å². The van der Waals surface area contributed by atoms with E-state index in [0.717, 1.165) is 37.2 Å². The molecule has 1 fully saturated rings. The minimum Gasteiger partial charge on any atom is -0.327 e. The number of nitrogens with two attached hydrogens (primary N) is 1. The molecule has 0 aliphatic carbocycles. The third-order valence-corrected chi connectivity index (χ3v) is 3.33. The highest BCUT2D eigenvalue weighted by Crippen LogP contribution is 2.13. The standard InChI is InChI=1S/C14H21N3O/c1-11-5-2-3-7-13(11)16-14(18)10-17-8-4-6-12(15)9-17/h2-3,5,7,12H,4,6,8-10,15H2,1H3,(H,16,18). The fourth-order valence-electron chi connectivity index (χ4n) is 2.34. The molecule has 98 valence electrons. The van der Waals surface area contributed by atoms with Crippen molar-refractivity contribution in [3.05, 3.63) is 29.8 Å². The molecule has 4 nitrogen and oxygen atoms in total. The average Bonchev–Trinajstić information content (AvgIpc) is 2.32. The summed E-state index contributed by atoms with van der Waals surface area (Å²) in [6, 6.07) is 8.03.